The SMILES string of the molecule is NCC1(N2CCN(c3ccc(Cl)cc3)CC2)CCSC1. The van der Waals surface area contributed by atoms with Crippen LogP contribution in [0.25, 0.3) is 0 Å². The van der Waals surface area contributed by atoms with Gasteiger partial charge in [-0.3, -0.25) is 4.90 Å². The minimum Gasteiger partial charge on any atom is -0.369 e. The lowest BCUT2D eigenvalue weighted by Gasteiger charge is -2.45. The van der Waals surface area contributed by atoms with Crippen molar-refractivity contribution in [1.82, 2.24) is 4.90 Å². The number of nitrogens with two attached hydrogens (primary N) is 1. The second kappa shape index (κ2) is 6.14. The summed E-state index contributed by atoms with van der Waals surface area (Å²) in [5, 5.41) is 0.803. The lowest BCUT2D eigenvalue weighted by atomic mass is 9.95. The Bertz CT molecular complexity index is 437. The van der Waals surface area contributed by atoms with Crippen molar-refractivity contribution in [3.05, 3.63) is 29.3 Å². The first-order valence-corrected chi connectivity index (χ1v) is 8.80. The molecule has 0 aromatic heterocycles. The number of benzene rings is 1. The number of nitrogens with zero attached hydrogens (tertiary/aromatic N) is 2. The van der Waals surface area contributed by atoms with Gasteiger partial charge in [-0.25, -0.2) is 0 Å². The van der Waals surface area contributed by atoms with E-state index in [1.165, 1.54) is 23.6 Å². The van der Waals surface area contributed by atoms with E-state index in [4.69, 9.17) is 17.3 Å². The Hall–Kier alpha value is -0.420. The molecule has 2 saturated heterocycles. The molecule has 0 saturated carbocycles. The average Bonchev–Trinajstić information content (AvgIpc) is 2.98. The molecular weight excluding hydrogens is 290 g/mol. The van der Waals surface area contributed by atoms with Gasteiger partial charge in [0.25, 0.3) is 0 Å². The fraction of sp³-hybridized carbons (Fsp3) is 0.600. The van der Waals surface area contributed by atoms with Crippen molar-refractivity contribution in [3.8, 4) is 0 Å². The van der Waals surface area contributed by atoms with E-state index in [1.54, 1.807) is 0 Å². The summed E-state index contributed by atoms with van der Waals surface area (Å²) in [4.78, 5) is 5.07. The first-order chi connectivity index (χ1) is 9.73. The highest BCUT2D eigenvalue weighted by molar-refractivity contribution is 7.99. The molecule has 3 nitrogen and oxygen atoms in total. The molecule has 2 heterocycles. The van der Waals surface area contributed by atoms with Crippen LogP contribution < -0.4 is 10.6 Å². The Kier molecular flexibility index (Phi) is 4.46. The van der Waals surface area contributed by atoms with E-state index >= 15 is 0 Å². The van der Waals surface area contributed by atoms with Crippen molar-refractivity contribution in [2.45, 2.75) is 12.0 Å². The van der Waals surface area contributed by atoms with Crippen molar-refractivity contribution in [3.63, 3.8) is 0 Å². The maximum atomic E-state index is 6.08. The Morgan fingerprint density at radius 2 is 1.85 bits per heavy atom. The van der Waals surface area contributed by atoms with Gasteiger partial charge in [-0.15, -0.1) is 0 Å². The van der Waals surface area contributed by atoms with Gasteiger partial charge in [0.05, 0.1) is 0 Å². The van der Waals surface area contributed by atoms with Crippen molar-refractivity contribution < 1.29 is 0 Å². The van der Waals surface area contributed by atoms with Crippen LogP contribution in [0, 0.1) is 0 Å². The molecule has 1 atom stereocenters. The predicted octanol–water partition coefficient (Wildman–Crippen LogP) is 2.30. The summed E-state index contributed by atoms with van der Waals surface area (Å²) in [5.74, 6) is 2.46. The highest BCUT2D eigenvalue weighted by atomic mass is 35.5. The van der Waals surface area contributed by atoms with E-state index in [9.17, 15) is 0 Å². The molecule has 1 aromatic carbocycles. The van der Waals surface area contributed by atoms with Crippen LogP contribution in [0.2, 0.25) is 5.02 Å². The summed E-state index contributed by atoms with van der Waals surface area (Å²) >= 11 is 8.00. The molecule has 0 aliphatic carbocycles. The smallest absolute Gasteiger partial charge is 0.0431 e. The zero-order valence-corrected chi connectivity index (χ0v) is 13.3. The summed E-state index contributed by atoms with van der Waals surface area (Å²) in [6.45, 7) is 5.17. The van der Waals surface area contributed by atoms with Crippen LogP contribution in [-0.2, 0) is 0 Å². The van der Waals surface area contributed by atoms with Gasteiger partial charge in [0, 0.05) is 54.7 Å². The number of rotatable bonds is 3. The molecule has 0 spiro atoms. The van der Waals surface area contributed by atoms with Gasteiger partial charge in [0.15, 0.2) is 0 Å². The minimum absolute atomic E-state index is 0.261. The van der Waals surface area contributed by atoms with Crippen LogP contribution in [0.1, 0.15) is 6.42 Å². The zero-order valence-electron chi connectivity index (χ0n) is 11.7. The molecule has 0 amide bonds. The monoisotopic (exact) mass is 311 g/mol. The van der Waals surface area contributed by atoms with E-state index in [-0.39, 0.29) is 5.54 Å². The normalized spacial score (nSPS) is 28.0. The summed E-state index contributed by atoms with van der Waals surface area (Å²) in [7, 11) is 0. The van der Waals surface area contributed by atoms with Crippen molar-refractivity contribution in [1.29, 1.82) is 0 Å². The van der Waals surface area contributed by atoms with Crippen LogP contribution in [0.5, 0.6) is 0 Å². The number of piperazine rings is 1. The Labute approximate surface area is 130 Å². The lowest BCUT2D eigenvalue weighted by molar-refractivity contribution is 0.109. The van der Waals surface area contributed by atoms with Crippen LogP contribution in [-0.4, -0.2) is 54.7 Å². The summed E-state index contributed by atoms with van der Waals surface area (Å²) in [6, 6.07) is 8.17. The van der Waals surface area contributed by atoms with Crippen molar-refractivity contribution in [2.24, 2.45) is 5.73 Å². The van der Waals surface area contributed by atoms with Gasteiger partial charge in [-0.05, 0) is 36.4 Å². The quantitative estimate of drug-likeness (QED) is 0.928. The lowest BCUT2D eigenvalue weighted by Crippen LogP contribution is -2.60. The van der Waals surface area contributed by atoms with Crippen molar-refractivity contribution >= 4 is 29.1 Å². The fourth-order valence-corrected chi connectivity index (χ4v) is 4.85. The average molecular weight is 312 g/mol. The molecular formula is C15H22ClN3S. The maximum Gasteiger partial charge on any atom is 0.0431 e. The highest BCUT2D eigenvalue weighted by Gasteiger charge is 2.39. The number of anilines is 1. The number of halogens is 1. The largest absolute Gasteiger partial charge is 0.369 e. The molecule has 3 rings (SSSR count). The fourth-order valence-electron chi connectivity index (χ4n) is 3.23. The number of hydrogen-bond donors (Lipinski definition) is 1. The number of thioether (sulfide) groups is 1. The standard InChI is InChI=1S/C15H22ClN3S/c16-13-1-3-14(4-2-13)18-6-8-19(9-7-18)15(11-17)5-10-20-12-15/h1-4H,5-12,17H2. The zero-order chi connectivity index (χ0) is 14.0. The van der Waals surface area contributed by atoms with Gasteiger partial charge in [-0.2, -0.15) is 11.8 Å². The van der Waals surface area contributed by atoms with E-state index in [1.807, 2.05) is 23.9 Å². The Balaban J connectivity index is 1.63. The molecule has 2 fully saturated rings. The van der Waals surface area contributed by atoms with Crippen LogP contribution in [0.15, 0.2) is 24.3 Å². The molecule has 2 aliphatic heterocycles. The molecule has 1 aromatic rings. The van der Waals surface area contributed by atoms with Gasteiger partial charge in [-0.1, -0.05) is 11.6 Å². The van der Waals surface area contributed by atoms with Gasteiger partial charge in [0.2, 0.25) is 0 Å². The van der Waals surface area contributed by atoms with Crippen LogP contribution in [0.4, 0.5) is 5.69 Å². The molecule has 20 heavy (non-hydrogen) atoms. The first kappa shape index (κ1) is 14.5. The van der Waals surface area contributed by atoms with E-state index in [0.29, 0.717) is 0 Å². The van der Waals surface area contributed by atoms with Crippen LogP contribution in [0.3, 0.4) is 0 Å². The van der Waals surface area contributed by atoms with Gasteiger partial charge >= 0.3 is 0 Å². The summed E-state index contributed by atoms with van der Waals surface area (Å²) in [6.07, 6.45) is 1.25. The van der Waals surface area contributed by atoms with E-state index < -0.39 is 0 Å². The van der Waals surface area contributed by atoms with E-state index in [2.05, 4.69) is 21.9 Å². The van der Waals surface area contributed by atoms with Crippen molar-refractivity contribution in [2.75, 3.05) is 49.1 Å². The molecule has 0 bridgehead atoms. The molecule has 2 N–H and O–H groups in total. The molecule has 0 radical (unpaired) electrons. The van der Waals surface area contributed by atoms with Gasteiger partial charge < -0.3 is 10.6 Å². The minimum atomic E-state index is 0.261. The Morgan fingerprint density at radius 1 is 1.15 bits per heavy atom. The topological polar surface area (TPSA) is 32.5 Å². The third-order valence-corrected chi connectivity index (χ3v) is 6.09. The molecule has 1 unspecified atom stereocenters. The molecule has 2 aliphatic rings. The second-order valence-corrected chi connectivity index (χ2v) is 7.22. The summed E-state index contributed by atoms with van der Waals surface area (Å²) < 4.78 is 0. The predicted molar refractivity (Wildman–Crippen MR) is 89.0 cm³/mol. The number of hydrogen-bond acceptors (Lipinski definition) is 4. The van der Waals surface area contributed by atoms with Gasteiger partial charge in [0.1, 0.15) is 0 Å². The first-order valence-electron chi connectivity index (χ1n) is 7.27. The highest BCUT2D eigenvalue weighted by Crippen LogP contribution is 2.33. The molecule has 110 valence electrons. The van der Waals surface area contributed by atoms with Crippen LogP contribution >= 0.6 is 23.4 Å². The molecule has 5 heteroatoms. The third kappa shape index (κ3) is 2.80. The second-order valence-electron chi connectivity index (χ2n) is 5.68. The third-order valence-electron chi connectivity index (χ3n) is 4.60. The van der Waals surface area contributed by atoms with E-state index in [0.717, 1.165) is 37.7 Å². The summed E-state index contributed by atoms with van der Waals surface area (Å²) in [5.41, 5.74) is 7.61. The maximum absolute atomic E-state index is 6.08. The Morgan fingerprint density at radius 3 is 2.40 bits per heavy atom.